The average molecular weight is 459 g/mol. The monoisotopic (exact) mass is 459 g/mol. The molecule has 1 amide bonds. The Labute approximate surface area is 142 Å². The van der Waals surface area contributed by atoms with Crippen LogP contribution in [0.3, 0.4) is 0 Å². The van der Waals surface area contributed by atoms with Crippen LogP contribution in [-0.2, 0) is 4.79 Å². The SMILES string of the molecule is CNC(=O)C(F)(F)C(F)(F)C(F)(F)C(F)(F)C(F)(F)C(F)(F)C(F)(F)C(F)F. The van der Waals surface area contributed by atoms with Crippen molar-refractivity contribution in [2.45, 2.75) is 47.9 Å². The maximum atomic E-state index is 13.2. The number of hydrogen-bond donors (Lipinski definition) is 1. The summed E-state index contributed by atoms with van der Waals surface area (Å²) in [5.74, 6) is -59.2. The lowest BCUT2D eigenvalue weighted by Gasteiger charge is -2.42. The van der Waals surface area contributed by atoms with Crippen molar-refractivity contribution in [1.82, 2.24) is 5.32 Å². The van der Waals surface area contributed by atoms with Gasteiger partial charge >= 0.3 is 47.9 Å². The minimum atomic E-state index is -8.50. The molecule has 0 unspecified atom stereocenters. The minimum absolute atomic E-state index is 0.0502. The van der Waals surface area contributed by atoms with Crippen LogP contribution in [0.4, 0.5) is 70.2 Å². The highest BCUT2D eigenvalue weighted by Crippen LogP contribution is 2.62. The van der Waals surface area contributed by atoms with Crippen LogP contribution in [-0.4, -0.2) is 60.8 Å². The molecule has 0 atom stereocenters. The van der Waals surface area contributed by atoms with E-state index in [0.717, 1.165) is 0 Å². The molecule has 0 aromatic carbocycles. The van der Waals surface area contributed by atoms with E-state index in [1.54, 1.807) is 0 Å². The highest BCUT2D eigenvalue weighted by atomic mass is 19.4. The standard InChI is InChI=1S/C10H5F16NO/c1-27-3(28)5(15,16)7(19,20)9(23,24)10(25,26)8(21,22)6(17,18)4(13,14)2(11)12/h2H,1H3,(H,27,28). The predicted octanol–water partition coefficient (Wildman–Crippen LogP) is 4.44. The second-order valence-electron chi connectivity index (χ2n) is 4.95. The zero-order chi connectivity index (χ0) is 23.4. The molecule has 0 saturated heterocycles. The minimum Gasteiger partial charge on any atom is -0.354 e. The maximum Gasteiger partial charge on any atom is 0.392 e. The molecule has 0 rings (SSSR count). The summed E-state index contributed by atoms with van der Waals surface area (Å²) in [6.07, 6.45) is -5.90. The van der Waals surface area contributed by atoms with Crippen LogP contribution in [0.5, 0.6) is 0 Å². The average Bonchev–Trinajstić information content (AvgIpc) is 2.52. The van der Waals surface area contributed by atoms with Gasteiger partial charge in [0.05, 0.1) is 0 Å². The lowest BCUT2D eigenvalue weighted by molar-refractivity contribution is -0.443. The second kappa shape index (κ2) is 6.70. The van der Waals surface area contributed by atoms with Gasteiger partial charge in [-0.25, -0.2) is 8.78 Å². The third-order valence-electron chi connectivity index (χ3n) is 3.18. The van der Waals surface area contributed by atoms with E-state index in [9.17, 15) is 75.0 Å². The number of carbonyl (C=O) groups is 1. The van der Waals surface area contributed by atoms with Gasteiger partial charge in [-0.15, -0.1) is 0 Å². The summed E-state index contributed by atoms with van der Waals surface area (Å²) in [5.41, 5.74) is 0. The van der Waals surface area contributed by atoms with Gasteiger partial charge in [0.1, 0.15) is 0 Å². The molecule has 18 heteroatoms. The zero-order valence-electron chi connectivity index (χ0n) is 12.5. The van der Waals surface area contributed by atoms with E-state index >= 15 is 0 Å². The fraction of sp³-hybridized carbons (Fsp3) is 0.900. The molecule has 0 saturated carbocycles. The Morgan fingerprint density at radius 2 is 0.893 bits per heavy atom. The predicted molar refractivity (Wildman–Crippen MR) is 54.7 cm³/mol. The molecule has 0 aromatic heterocycles. The fourth-order valence-electron chi connectivity index (χ4n) is 1.43. The molecule has 0 radical (unpaired) electrons. The third-order valence-corrected chi connectivity index (χ3v) is 3.18. The van der Waals surface area contributed by atoms with Gasteiger partial charge in [-0.05, 0) is 0 Å². The summed E-state index contributed by atoms with van der Waals surface area (Å²) in [6.45, 7) is 0. The van der Waals surface area contributed by atoms with Crippen molar-refractivity contribution in [3.8, 4) is 0 Å². The highest BCUT2D eigenvalue weighted by Gasteiger charge is 2.94. The Balaban J connectivity index is 6.67. The van der Waals surface area contributed by atoms with Crippen LogP contribution in [0.2, 0.25) is 0 Å². The zero-order valence-corrected chi connectivity index (χ0v) is 12.5. The molecule has 0 bridgehead atoms. The molecular weight excluding hydrogens is 454 g/mol. The Bertz CT molecular complexity index is 596. The van der Waals surface area contributed by atoms with Crippen LogP contribution in [0, 0.1) is 0 Å². The van der Waals surface area contributed by atoms with Crippen molar-refractivity contribution >= 4 is 5.91 Å². The summed E-state index contributed by atoms with van der Waals surface area (Å²) in [6, 6.07) is 0. The largest absolute Gasteiger partial charge is 0.392 e. The van der Waals surface area contributed by atoms with Crippen molar-refractivity contribution in [3.05, 3.63) is 0 Å². The molecule has 0 heterocycles. The lowest BCUT2D eigenvalue weighted by atomic mass is 9.89. The van der Waals surface area contributed by atoms with E-state index in [0.29, 0.717) is 5.32 Å². The summed E-state index contributed by atoms with van der Waals surface area (Å²) < 4.78 is 205. The van der Waals surface area contributed by atoms with Crippen molar-refractivity contribution < 1.29 is 75.0 Å². The lowest BCUT2D eigenvalue weighted by Crippen LogP contribution is -2.74. The van der Waals surface area contributed by atoms with Crippen molar-refractivity contribution in [3.63, 3.8) is 0 Å². The van der Waals surface area contributed by atoms with Crippen molar-refractivity contribution in [2.24, 2.45) is 0 Å². The van der Waals surface area contributed by atoms with Crippen molar-refractivity contribution in [2.75, 3.05) is 7.05 Å². The van der Waals surface area contributed by atoms with Gasteiger partial charge in [0.2, 0.25) is 0 Å². The van der Waals surface area contributed by atoms with Gasteiger partial charge in [-0.3, -0.25) is 4.79 Å². The topological polar surface area (TPSA) is 29.1 Å². The van der Waals surface area contributed by atoms with Gasteiger partial charge in [0, 0.05) is 7.05 Å². The molecule has 0 aliphatic carbocycles. The molecule has 1 N–H and O–H groups in total. The summed E-state index contributed by atoms with van der Waals surface area (Å²) >= 11 is 0. The first kappa shape index (κ1) is 26.3. The third kappa shape index (κ3) is 3.02. The molecule has 28 heavy (non-hydrogen) atoms. The fourth-order valence-corrected chi connectivity index (χ4v) is 1.43. The highest BCUT2D eigenvalue weighted by molar-refractivity contribution is 5.84. The number of halogens is 16. The smallest absolute Gasteiger partial charge is 0.354 e. The molecule has 2 nitrogen and oxygen atoms in total. The van der Waals surface area contributed by atoms with E-state index in [2.05, 4.69) is 0 Å². The van der Waals surface area contributed by atoms with Gasteiger partial charge < -0.3 is 5.32 Å². The number of nitrogens with one attached hydrogen (secondary N) is 1. The second-order valence-corrected chi connectivity index (χ2v) is 4.95. The van der Waals surface area contributed by atoms with Crippen molar-refractivity contribution in [1.29, 1.82) is 0 Å². The van der Waals surface area contributed by atoms with Crippen LogP contribution >= 0.6 is 0 Å². The quantitative estimate of drug-likeness (QED) is 0.535. The van der Waals surface area contributed by atoms with Crippen LogP contribution in [0.15, 0.2) is 0 Å². The Morgan fingerprint density at radius 1 is 0.607 bits per heavy atom. The van der Waals surface area contributed by atoms with E-state index < -0.39 is 53.8 Å². The van der Waals surface area contributed by atoms with Gasteiger partial charge in [-0.2, -0.15) is 61.5 Å². The number of carbonyl (C=O) groups excluding carboxylic acids is 1. The number of rotatable bonds is 8. The normalized spacial score (nSPS) is 15.8. The molecule has 0 aromatic rings. The molecular formula is C10H5F16NO. The first-order valence-electron chi connectivity index (χ1n) is 6.07. The van der Waals surface area contributed by atoms with Gasteiger partial charge in [0.25, 0.3) is 5.91 Å². The van der Waals surface area contributed by atoms with Gasteiger partial charge in [-0.1, -0.05) is 0 Å². The Kier molecular flexibility index (Phi) is 6.31. The maximum absolute atomic E-state index is 13.2. The number of hydrogen-bond acceptors (Lipinski definition) is 1. The first-order valence-corrected chi connectivity index (χ1v) is 6.07. The summed E-state index contributed by atoms with van der Waals surface area (Å²) in [4.78, 5) is 10.5. The number of alkyl halides is 16. The van der Waals surface area contributed by atoms with E-state index in [1.165, 1.54) is 0 Å². The first-order chi connectivity index (χ1) is 11.9. The van der Waals surface area contributed by atoms with Crippen LogP contribution < -0.4 is 5.32 Å². The summed E-state index contributed by atoms with van der Waals surface area (Å²) in [7, 11) is 0.0502. The van der Waals surface area contributed by atoms with E-state index in [-0.39, 0.29) is 7.05 Å². The molecule has 168 valence electrons. The molecule has 0 fully saturated rings. The molecule has 0 aliphatic heterocycles. The van der Waals surface area contributed by atoms with Gasteiger partial charge in [0.15, 0.2) is 0 Å². The summed E-state index contributed by atoms with van der Waals surface area (Å²) in [5, 5.41) is 0.541. The van der Waals surface area contributed by atoms with Crippen LogP contribution in [0.1, 0.15) is 0 Å². The van der Waals surface area contributed by atoms with E-state index in [4.69, 9.17) is 0 Å². The Hall–Kier alpha value is -1.65. The van der Waals surface area contributed by atoms with E-state index in [1.807, 2.05) is 0 Å². The number of amides is 1. The molecule has 0 spiro atoms. The Morgan fingerprint density at radius 3 is 1.18 bits per heavy atom. The van der Waals surface area contributed by atoms with Crippen LogP contribution in [0.25, 0.3) is 0 Å². The molecule has 0 aliphatic rings.